The number of aryl methyl sites for hydroxylation is 1. The third-order valence-corrected chi connectivity index (χ3v) is 3.27. The van der Waals surface area contributed by atoms with Gasteiger partial charge in [0.25, 0.3) is 0 Å². The van der Waals surface area contributed by atoms with E-state index in [9.17, 15) is 0 Å². The van der Waals surface area contributed by atoms with Gasteiger partial charge in [-0.1, -0.05) is 49.2 Å². The molecular weight excluding hydrogens is 267 g/mol. The summed E-state index contributed by atoms with van der Waals surface area (Å²) < 4.78 is 0. The molecule has 1 aromatic heterocycles. The summed E-state index contributed by atoms with van der Waals surface area (Å²) in [7, 11) is 0. The number of rotatable bonds is 2. The minimum Gasteiger partial charge on any atom is -0.233 e. The smallest absolute Gasteiger partial charge is 0.161 e. The first-order valence-corrected chi connectivity index (χ1v) is 6.54. The standard InChI is InChI=1S/C14H14Cl2N2/c1-8(2)12-9(3)17-14(18-13(12)16)10-5-4-6-11(15)7-10/h4-8H,1-3H3. The van der Waals surface area contributed by atoms with E-state index in [1.54, 1.807) is 0 Å². The lowest BCUT2D eigenvalue weighted by molar-refractivity contribution is 0.831. The Morgan fingerprint density at radius 2 is 1.83 bits per heavy atom. The van der Waals surface area contributed by atoms with Gasteiger partial charge in [-0.15, -0.1) is 0 Å². The maximum atomic E-state index is 6.24. The van der Waals surface area contributed by atoms with Crippen LogP contribution in [0.5, 0.6) is 0 Å². The molecule has 0 atom stereocenters. The van der Waals surface area contributed by atoms with Gasteiger partial charge in [0, 0.05) is 21.8 Å². The molecule has 94 valence electrons. The van der Waals surface area contributed by atoms with Crippen molar-refractivity contribution in [2.45, 2.75) is 26.7 Å². The van der Waals surface area contributed by atoms with Crippen molar-refractivity contribution in [3.63, 3.8) is 0 Å². The average molecular weight is 281 g/mol. The molecule has 2 aromatic rings. The van der Waals surface area contributed by atoms with Gasteiger partial charge in [0.1, 0.15) is 5.15 Å². The molecular formula is C14H14Cl2N2. The zero-order valence-corrected chi connectivity index (χ0v) is 12.0. The molecule has 0 spiro atoms. The van der Waals surface area contributed by atoms with Crippen LogP contribution in [0.2, 0.25) is 10.2 Å². The molecule has 0 saturated heterocycles. The Bertz CT molecular complexity index is 557. The van der Waals surface area contributed by atoms with Gasteiger partial charge >= 0.3 is 0 Å². The van der Waals surface area contributed by atoms with Gasteiger partial charge in [0.15, 0.2) is 5.82 Å². The molecule has 2 rings (SSSR count). The minimum absolute atomic E-state index is 0.311. The predicted octanol–water partition coefficient (Wildman–Crippen LogP) is 4.88. The van der Waals surface area contributed by atoms with E-state index in [1.165, 1.54) is 0 Å². The van der Waals surface area contributed by atoms with Crippen molar-refractivity contribution < 1.29 is 0 Å². The van der Waals surface area contributed by atoms with Crippen molar-refractivity contribution in [2.75, 3.05) is 0 Å². The second-order valence-corrected chi connectivity index (χ2v) is 5.30. The van der Waals surface area contributed by atoms with Crippen LogP contribution >= 0.6 is 23.2 Å². The zero-order chi connectivity index (χ0) is 13.3. The fraction of sp³-hybridized carbons (Fsp3) is 0.286. The highest BCUT2D eigenvalue weighted by atomic mass is 35.5. The molecule has 0 saturated carbocycles. The Kier molecular flexibility index (Phi) is 3.88. The van der Waals surface area contributed by atoms with Gasteiger partial charge in [-0.05, 0) is 25.0 Å². The largest absolute Gasteiger partial charge is 0.233 e. The van der Waals surface area contributed by atoms with Crippen LogP contribution in [-0.2, 0) is 0 Å². The minimum atomic E-state index is 0.311. The number of hydrogen-bond acceptors (Lipinski definition) is 2. The van der Waals surface area contributed by atoms with E-state index >= 15 is 0 Å². The van der Waals surface area contributed by atoms with Gasteiger partial charge in [-0.25, -0.2) is 9.97 Å². The van der Waals surface area contributed by atoms with Crippen LogP contribution in [0, 0.1) is 6.92 Å². The normalized spacial score (nSPS) is 11.0. The fourth-order valence-electron chi connectivity index (χ4n) is 1.96. The van der Waals surface area contributed by atoms with Crippen molar-refractivity contribution >= 4 is 23.2 Å². The van der Waals surface area contributed by atoms with Gasteiger partial charge in [0.05, 0.1) is 0 Å². The van der Waals surface area contributed by atoms with Gasteiger partial charge in [0.2, 0.25) is 0 Å². The maximum absolute atomic E-state index is 6.24. The number of hydrogen-bond donors (Lipinski definition) is 0. The lowest BCUT2D eigenvalue weighted by atomic mass is 10.0. The lowest BCUT2D eigenvalue weighted by Gasteiger charge is -2.12. The van der Waals surface area contributed by atoms with Gasteiger partial charge < -0.3 is 0 Å². The summed E-state index contributed by atoms with van der Waals surface area (Å²) in [6.45, 7) is 6.12. The molecule has 0 aliphatic carbocycles. The molecule has 0 aliphatic heterocycles. The van der Waals surface area contributed by atoms with Crippen LogP contribution < -0.4 is 0 Å². The molecule has 2 nitrogen and oxygen atoms in total. The first-order valence-electron chi connectivity index (χ1n) is 5.79. The molecule has 1 heterocycles. The number of halogens is 2. The summed E-state index contributed by atoms with van der Waals surface area (Å²) in [4.78, 5) is 8.87. The second-order valence-electron chi connectivity index (χ2n) is 4.50. The summed E-state index contributed by atoms with van der Waals surface area (Å²) in [5, 5.41) is 1.19. The van der Waals surface area contributed by atoms with Crippen molar-refractivity contribution in [1.82, 2.24) is 9.97 Å². The number of benzene rings is 1. The van der Waals surface area contributed by atoms with E-state index in [0.717, 1.165) is 16.8 Å². The second kappa shape index (κ2) is 5.25. The van der Waals surface area contributed by atoms with Crippen molar-refractivity contribution in [1.29, 1.82) is 0 Å². The Labute approximate surface area is 117 Å². The monoisotopic (exact) mass is 280 g/mol. The predicted molar refractivity (Wildman–Crippen MR) is 76.3 cm³/mol. The van der Waals surface area contributed by atoms with Gasteiger partial charge in [-0.3, -0.25) is 0 Å². The van der Waals surface area contributed by atoms with Crippen molar-refractivity contribution in [3.8, 4) is 11.4 Å². The highest BCUT2D eigenvalue weighted by molar-refractivity contribution is 6.31. The summed E-state index contributed by atoms with van der Waals surface area (Å²) in [5.41, 5.74) is 2.80. The summed E-state index contributed by atoms with van der Waals surface area (Å²) >= 11 is 12.2. The van der Waals surface area contributed by atoms with Crippen molar-refractivity contribution in [3.05, 3.63) is 45.7 Å². The zero-order valence-electron chi connectivity index (χ0n) is 10.5. The summed E-state index contributed by atoms with van der Waals surface area (Å²) in [6.07, 6.45) is 0. The highest BCUT2D eigenvalue weighted by Gasteiger charge is 2.14. The van der Waals surface area contributed by atoms with Crippen LogP contribution in [-0.4, -0.2) is 9.97 Å². The Balaban J connectivity index is 2.55. The molecule has 1 aromatic carbocycles. The Hall–Kier alpha value is -1.12. The number of aromatic nitrogens is 2. The molecule has 0 radical (unpaired) electrons. The summed E-state index contributed by atoms with van der Waals surface area (Å²) in [5.74, 6) is 0.926. The van der Waals surface area contributed by atoms with Crippen LogP contribution in [0.1, 0.15) is 31.0 Å². The van der Waals surface area contributed by atoms with E-state index in [2.05, 4.69) is 23.8 Å². The molecule has 0 unspecified atom stereocenters. The topological polar surface area (TPSA) is 25.8 Å². The molecule has 18 heavy (non-hydrogen) atoms. The van der Waals surface area contributed by atoms with E-state index in [-0.39, 0.29) is 0 Å². The third-order valence-electron chi connectivity index (χ3n) is 2.75. The Morgan fingerprint density at radius 1 is 1.11 bits per heavy atom. The van der Waals surface area contributed by atoms with Crippen LogP contribution in [0.4, 0.5) is 0 Å². The average Bonchev–Trinajstić information content (AvgIpc) is 2.27. The highest BCUT2D eigenvalue weighted by Crippen LogP contribution is 2.28. The molecule has 0 aliphatic rings. The molecule has 4 heteroatoms. The van der Waals surface area contributed by atoms with Crippen LogP contribution in [0.3, 0.4) is 0 Å². The van der Waals surface area contributed by atoms with E-state index in [0.29, 0.717) is 21.9 Å². The van der Waals surface area contributed by atoms with Crippen LogP contribution in [0.25, 0.3) is 11.4 Å². The third kappa shape index (κ3) is 2.65. The Morgan fingerprint density at radius 3 is 2.39 bits per heavy atom. The SMILES string of the molecule is Cc1nc(-c2cccc(Cl)c2)nc(Cl)c1C(C)C. The lowest BCUT2D eigenvalue weighted by Crippen LogP contribution is -2.01. The maximum Gasteiger partial charge on any atom is 0.161 e. The molecule has 0 bridgehead atoms. The van der Waals surface area contributed by atoms with E-state index < -0.39 is 0 Å². The molecule has 0 N–H and O–H groups in total. The fourth-order valence-corrected chi connectivity index (χ4v) is 2.58. The van der Waals surface area contributed by atoms with Gasteiger partial charge in [-0.2, -0.15) is 0 Å². The summed E-state index contributed by atoms with van der Waals surface area (Å²) in [6, 6.07) is 7.45. The first kappa shape index (κ1) is 13.3. The van der Waals surface area contributed by atoms with E-state index in [1.807, 2.05) is 31.2 Å². The van der Waals surface area contributed by atoms with E-state index in [4.69, 9.17) is 23.2 Å². The molecule has 0 amide bonds. The quantitative estimate of drug-likeness (QED) is 0.733. The molecule has 0 fully saturated rings. The first-order chi connectivity index (χ1) is 8.49. The number of nitrogens with zero attached hydrogens (tertiary/aromatic N) is 2. The van der Waals surface area contributed by atoms with Crippen LogP contribution in [0.15, 0.2) is 24.3 Å². The van der Waals surface area contributed by atoms with Crippen molar-refractivity contribution in [2.24, 2.45) is 0 Å².